The van der Waals surface area contributed by atoms with Gasteiger partial charge in [-0.1, -0.05) is 12.1 Å². The monoisotopic (exact) mass is 318 g/mol. The number of nitrogens with one attached hydrogen (secondary N) is 3. The first-order valence-corrected chi connectivity index (χ1v) is 7.20. The molecule has 22 heavy (non-hydrogen) atoms. The highest BCUT2D eigenvalue weighted by Gasteiger charge is 2.09. The molecule has 0 radical (unpaired) electrons. The van der Waals surface area contributed by atoms with Crippen molar-refractivity contribution >= 4 is 40.6 Å². The quantitative estimate of drug-likeness (QED) is 0.671. The van der Waals surface area contributed by atoms with Gasteiger partial charge in [0.15, 0.2) is 0 Å². The van der Waals surface area contributed by atoms with Gasteiger partial charge < -0.3 is 21.7 Å². The van der Waals surface area contributed by atoms with Crippen LogP contribution in [0.15, 0.2) is 41.8 Å². The molecular formula is C14H14N4O3S. The highest BCUT2D eigenvalue weighted by molar-refractivity contribution is 7.12. The Morgan fingerprint density at radius 2 is 1.77 bits per heavy atom. The average molecular weight is 318 g/mol. The number of nitrogens with two attached hydrogens (primary N) is 1. The molecule has 0 atom stereocenters. The Bertz CT molecular complexity index is 685. The average Bonchev–Trinajstić information content (AvgIpc) is 2.98. The number of benzene rings is 1. The Kier molecular flexibility index (Phi) is 5.10. The van der Waals surface area contributed by atoms with Crippen LogP contribution in [-0.2, 0) is 4.79 Å². The molecule has 5 N–H and O–H groups in total. The van der Waals surface area contributed by atoms with Crippen molar-refractivity contribution in [2.24, 2.45) is 5.73 Å². The number of hydrogen-bond acceptors (Lipinski definition) is 4. The first kappa shape index (κ1) is 15.5. The van der Waals surface area contributed by atoms with Crippen LogP contribution in [0.4, 0.5) is 16.2 Å². The molecule has 0 fully saturated rings. The molecule has 0 aliphatic heterocycles. The van der Waals surface area contributed by atoms with Crippen molar-refractivity contribution in [1.82, 2.24) is 5.32 Å². The molecule has 1 aromatic heterocycles. The zero-order valence-corrected chi connectivity index (χ0v) is 12.3. The number of carbonyl (C=O) groups excluding carboxylic acids is 3. The van der Waals surface area contributed by atoms with Crippen molar-refractivity contribution in [2.75, 3.05) is 17.2 Å². The van der Waals surface area contributed by atoms with Gasteiger partial charge in [-0.25, -0.2) is 4.79 Å². The summed E-state index contributed by atoms with van der Waals surface area (Å²) in [5.41, 5.74) is 5.97. The third-order valence-corrected chi connectivity index (χ3v) is 3.44. The molecule has 0 spiro atoms. The second kappa shape index (κ2) is 7.23. The van der Waals surface area contributed by atoms with E-state index in [-0.39, 0.29) is 18.4 Å². The molecule has 7 nitrogen and oxygen atoms in total. The lowest BCUT2D eigenvalue weighted by molar-refractivity contribution is -0.115. The number of rotatable bonds is 5. The maximum atomic E-state index is 11.8. The Hall–Kier alpha value is -2.87. The summed E-state index contributed by atoms with van der Waals surface area (Å²) in [6.07, 6.45) is 0. The highest BCUT2D eigenvalue weighted by atomic mass is 32.1. The summed E-state index contributed by atoms with van der Waals surface area (Å²) in [5.74, 6) is -0.671. The molecule has 0 unspecified atom stereocenters. The van der Waals surface area contributed by atoms with Gasteiger partial charge in [0.05, 0.1) is 11.4 Å². The van der Waals surface area contributed by atoms with E-state index >= 15 is 0 Å². The molecule has 4 amide bonds. The van der Waals surface area contributed by atoms with Crippen LogP contribution in [0.2, 0.25) is 0 Å². The van der Waals surface area contributed by atoms with Crippen molar-refractivity contribution in [3.8, 4) is 0 Å². The van der Waals surface area contributed by atoms with E-state index in [1.54, 1.807) is 41.8 Å². The number of anilines is 2. The van der Waals surface area contributed by atoms with E-state index < -0.39 is 6.03 Å². The van der Waals surface area contributed by atoms with Crippen molar-refractivity contribution < 1.29 is 14.4 Å². The van der Waals surface area contributed by atoms with Gasteiger partial charge in [-0.3, -0.25) is 9.59 Å². The van der Waals surface area contributed by atoms with Gasteiger partial charge in [0.25, 0.3) is 5.91 Å². The summed E-state index contributed by atoms with van der Waals surface area (Å²) in [6, 6.07) is 9.26. The second-order valence-electron chi connectivity index (χ2n) is 4.28. The highest BCUT2D eigenvalue weighted by Crippen LogP contribution is 2.14. The van der Waals surface area contributed by atoms with E-state index in [2.05, 4.69) is 16.0 Å². The van der Waals surface area contributed by atoms with Crippen LogP contribution in [0.3, 0.4) is 0 Å². The Balaban J connectivity index is 1.86. The van der Waals surface area contributed by atoms with E-state index in [4.69, 9.17) is 5.73 Å². The number of hydrogen-bond donors (Lipinski definition) is 4. The Morgan fingerprint density at radius 3 is 2.41 bits per heavy atom. The topological polar surface area (TPSA) is 113 Å². The molecule has 0 aliphatic carbocycles. The number of carbonyl (C=O) groups is 3. The molecule has 2 rings (SSSR count). The molecule has 0 bridgehead atoms. The van der Waals surface area contributed by atoms with Crippen molar-refractivity contribution in [3.05, 3.63) is 46.7 Å². The Labute approximate surface area is 130 Å². The molecular weight excluding hydrogens is 304 g/mol. The minimum Gasteiger partial charge on any atom is -0.351 e. The van der Waals surface area contributed by atoms with Gasteiger partial charge >= 0.3 is 6.03 Å². The molecule has 0 aliphatic rings. The summed E-state index contributed by atoms with van der Waals surface area (Å²) in [6.45, 7) is -0.149. The van der Waals surface area contributed by atoms with E-state index in [0.29, 0.717) is 16.3 Å². The van der Waals surface area contributed by atoms with Crippen LogP contribution in [0.25, 0.3) is 0 Å². The lowest BCUT2D eigenvalue weighted by Gasteiger charge is -2.08. The fourth-order valence-corrected chi connectivity index (χ4v) is 2.32. The lowest BCUT2D eigenvalue weighted by Crippen LogP contribution is -2.32. The van der Waals surface area contributed by atoms with Crippen molar-refractivity contribution in [3.63, 3.8) is 0 Å². The number of urea groups is 1. The standard InChI is InChI=1S/C14H14N4O3S/c15-14(21)18-10-4-1-3-9(7-10)17-12(19)8-16-13(20)11-5-2-6-22-11/h1-7H,8H2,(H,16,20)(H,17,19)(H3,15,18,21). The zero-order valence-electron chi connectivity index (χ0n) is 11.5. The summed E-state index contributed by atoms with van der Waals surface area (Å²) >= 11 is 1.30. The number of amides is 4. The molecule has 8 heteroatoms. The lowest BCUT2D eigenvalue weighted by atomic mass is 10.2. The van der Waals surface area contributed by atoms with Crippen LogP contribution in [-0.4, -0.2) is 24.4 Å². The van der Waals surface area contributed by atoms with Gasteiger partial charge in [-0.15, -0.1) is 11.3 Å². The van der Waals surface area contributed by atoms with Gasteiger partial charge in [0.1, 0.15) is 0 Å². The number of primary amides is 1. The third-order valence-electron chi connectivity index (χ3n) is 2.57. The summed E-state index contributed by atoms with van der Waals surface area (Å²) in [4.78, 5) is 34.8. The smallest absolute Gasteiger partial charge is 0.316 e. The maximum absolute atomic E-state index is 11.8. The normalized spacial score (nSPS) is 9.82. The van der Waals surface area contributed by atoms with Gasteiger partial charge in [-0.05, 0) is 29.6 Å². The summed E-state index contributed by atoms with van der Waals surface area (Å²) < 4.78 is 0. The first-order valence-electron chi connectivity index (χ1n) is 6.32. The van der Waals surface area contributed by atoms with E-state index in [0.717, 1.165) is 0 Å². The van der Waals surface area contributed by atoms with E-state index in [1.165, 1.54) is 11.3 Å². The van der Waals surface area contributed by atoms with Crippen molar-refractivity contribution in [1.29, 1.82) is 0 Å². The minimum atomic E-state index is -0.688. The molecule has 1 heterocycles. The van der Waals surface area contributed by atoms with Crippen LogP contribution < -0.4 is 21.7 Å². The fourth-order valence-electron chi connectivity index (χ4n) is 1.68. The van der Waals surface area contributed by atoms with Crippen LogP contribution in [0.5, 0.6) is 0 Å². The summed E-state index contributed by atoms with van der Waals surface area (Å²) in [7, 11) is 0. The molecule has 2 aromatic rings. The Morgan fingerprint density at radius 1 is 1.05 bits per heavy atom. The van der Waals surface area contributed by atoms with E-state index in [9.17, 15) is 14.4 Å². The largest absolute Gasteiger partial charge is 0.351 e. The third kappa shape index (κ3) is 4.60. The first-order chi connectivity index (χ1) is 10.5. The van der Waals surface area contributed by atoms with Gasteiger partial charge in [0, 0.05) is 11.4 Å². The van der Waals surface area contributed by atoms with Crippen LogP contribution >= 0.6 is 11.3 Å². The van der Waals surface area contributed by atoms with Gasteiger partial charge in [-0.2, -0.15) is 0 Å². The summed E-state index contributed by atoms with van der Waals surface area (Å²) in [5, 5.41) is 9.33. The maximum Gasteiger partial charge on any atom is 0.316 e. The van der Waals surface area contributed by atoms with E-state index in [1.807, 2.05) is 0 Å². The van der Waals surface area contributed by atoms with Crippen LogP contribution in [0.1, 0.15) is 9.67 Å². The fraction of sp³-hybridized carbons (Fsp3) is 0.0714. The molecule has 0 saturated carbocycles. The SMILES string of the molecule is NC(=O)Nc1cccc(NC(=O)CNC(=O)c2cccs2)c1. The predicted molar refractivity (Wildman–Crippen MR) is 84.9 cm³/mol. The minimum absolute atomic E-state index is 0.149. The van der Waals surface area contributed by atoms with Crippen molar-refractivity contribution in [2.45, 2.75) is 0 Å². The zero-order chi connectivity index (χ0) is 15.9. The molecule has 114 valence electrons. The molecule has 1 aromatic carbocycles. The predicted octanol–water partition coefficient (Wildman–Crippen LogP) is 1.61. The van der Waals surface area contributed by atoms with Gasteiger partial charge in [0.2, 0.25) is 5.91 Å². The van der Waals surface area contributed by atoms with Crippen LogP contribution in [0, 0.1) is 0 Å². The second-order valence-corrected chi connectivity index (χ2v) is 5.23. The number of thiophene rings is 1. The molecule has 0 saturated heterocycles.